The molecule has 0 spiro atoms. The lowest BCUT2D eigenvalue weighted by atomic mass is 10.3. The molecule has 0 radical (unpaired) electrons. The number of carboxylic acid groups (broad SMARTS) is 1. The maximum atomic E-state index is 10.4. The Labute approximate surface area is 76.5 Å². The van der Waals surface area contributed by atoms with Gasteiger partial charge in [0.15, 0.2) is 5.69 Å². The van der Waals surface area contributed by atoms with E-state index in [2.05, 4.69) is 11.9 Å². The second-order valence-electron chi connectivity index (χ2n) is 2.68. The molecule has 0 atom stereocenters. The van der Waals surface area contributed by atoms with Crippen molar-refractivity contribution in [2.75, 3.05) is 0 Å². The van der Waals surface area contributed by atoms with E-state index < -0.39 is 5.97 Å². The van der Waals surface area contributed by atoms with Gasteiger partial charge in [-0.1, -0.05) is 19.4 Å². The van der Waals surface area contributed by atoms with E-state index in [0.29, 0.717) is 0 Å². The van der Waals surface area contributed by atoms with Crippen molar-refractivity contribution in [1.29, 1.82) is 0 Å². The van der Waals surface area contributed by atoms with Crippen LogP contribution in [0.15, 0.2) is 18.6 Å². The molecule has 0 saturated heterocycles. The van der Waals surface area contributed by atoms with Gasteiger partial charge < -0.3 is 9.67 Å². The number of rotatable bonds is 4. The number of carbonyl (C=O) groups is 1. The summed E-state index contributed by atoms with van der Waals surface area (Å²) in [6, 6.07) is 0. The summed E-state index contributed by atoms with van der Waals surface area (Å²) in [6.45, 7) is 2.08. The molecule has 0 unspecified atom stereocenters. The van der Waals surface area contributed by atoms with Gasteiger partial charge in [-0.25, -0.2) is 9.78 Å². The molecule has 1 aromatic heterocycles. The van der Waals surface area contributed by atoms with E-state index in [1.807, 2.05) is 12.3 Å². The number of carboxylic acids is 1. The molecule has 70 valence electrons. The lowest BCUT2D eigenvalue weighted by molar-refractivity contribution is 0.0691. The Balaban J connectivity index is 2.64. The fraction of sp³-hybridized carbons (Fsp3) is 0.333. The molecule has 0 bridgehead atoms. The van der Waals surface area contributed by atoms with Crippen molar-refractivity contribution in [3.63, 3.8) is 0 Å². The van der Waals surface area contributed by atoms with E-state index in [-0.39, 0.29) is 5.69 Å². The third-order valence-electron chi connectivity index (χ3n) is 1.55. The Kier molecular flexibility index (Phi) is 3.25. The van der Waals surface area contributed by atoms with E-state index in [1.165, 1.54) is 12.5 Å². The first-order valence-corrected chi connectivity index (χ1v) is 4.17. The molecule has 4 heteroatoms. The average molecular weight is 180 g/mol. The number of nitrogens with zero attached hydrogens (tertiary/aromatic N) is 2. The molecule has 1 N–H and O–H groups in total. The summed E-state index contributed by atoms with van der Waals surface area (Å²) in [6.07, 6.45) is 8.82. The SMILES string of the molecule is CCCC=Cn1cnc(C(=O)O)c1. The Morgan fingerprint density at radius 3 is 3.08 bits per heavy atom. The predicted octanol–water partition coefficient (Wildman–Crippen LogP) is 1.85. The van der Waals surface area contributed by atoms with Gasteiger partial charge >= 0.3 is 5.97 Å². The van der Waals surface area contributed by atoms with Crippen molar-refractivity contribution < 1.29 is 9.90 Å². The molecule has 0 saturated carbocycles. The summed E-state index contributed by atoms with van der Waals surface area (Å²) in [5, 5.41) is 8.57. The fourth-order valence-electron chi connectivity index (χ4n) is 0.892. The smallest absolute Gasteiger partial charge is 0.356 e. The van der Waals surface area contributed by atoms with Crippen molar-refractivity contribution in [3.8, 4) is 0 Å². The van der Waals surface area contributed by atoms with Gasteiger partial charge in [-0.2, -0.15) is 0 Å². The highest BCUT2D eigenvalue weighted by molar-refractivity contribution is 5.85. The number of imidazole rings is 1. The van der Waals surface area contributed by atoms with E-state index in [0.717, 1.165) is 12.8 Å². The first kappa shape index (κ1) is 9.51. The molecule has 0 amide bonds. The van der Waals surface area contributed by atoms with Crippen molar-refractivity contribution in [3.05, 3.63) is 24.3 Å². The number of aromatic nitrogens is 2. The standard InChI is InChI=1S/C9H12N2O2/c1-2-3-4-5-11-6-8(9(12)13)10-7-11/h4-7H,2-3H2,1H3,(H,12,13). The van der Waals surface area contributed by atoms with Crippen LogP contribution in [0.3, 0.4) is 0 Å². The van der Waals surface area contributed by atoms with E-state index in [1.54, 1.807) is 4.57 Å². The zero-order chi connectivity index (χ0) is 9.68. The summed E-state index contributed by atoms with van der Waals surface area (Å²) in [5.74, 6) is -0.998. The molecule has 1 heterocycles. The predicted molar refractivity (Wildman–Crippen MR) is 49.4 cm³/mol. The number of hydrogen-bond donors (Lipinski definition) is 1. The highest BCUT2D eigenvalue weighted by Gasteiger charge is 2.04. The minimum atomic E-state index is -0.998. The Bertz CT molecular complexity index is 315. The minimum absolute atomic E-state index is 0.0705. The van der Waals surface area contributed by atoms with E-state index in [4.69, 9.17) is 5.11 Å². The molecule has 1 aromatic rings. The van der Waals surface area contributed by atoms with Crippen molar-refractivity contribution >= 4 is 12.2 Å². The Hall–Kier alpha value is -1.58. The lowest BCUT2D eigenvalue weighted by Gasteiger charge is -1.88. The first-order valence-electron chi connectivity index (χ1n) is 4.17. The van der Waals surface area contributed by atoms with Gasteiger partial charge in [0.2, 0.25) is 0 Å². The van der Waals surface area contributed by atoms with Gasteiger partial charge in [0.1, 0.15) is 0 Å². The molecule has 0 aliphatic rings. The molecule has 13 heavy (non-hydrogen) atoms. The van der Waals surface area contributed by atoms with Crippen LogP contribution in [-0.4, -0.2) is 20.6 Å². The van der Waals surface area contributed by atoms with Gasteiger partial charge in [0.05, 0.1) is 6.33 Å². The lowest BCUT2D eigenvalue weighted by Crippen LogP contribution is -1.95. The largest absolute Gasteiger partial charge is 0.476 e. The zero-order valence-electron chi connectivity index (χ0n) is 7.47. The van der Waals surface area contributed by atoms with Crippen LogP contribution in [0.4, 0.5) is 0 Å². The number of allylic oxidation sites excluding steroid dienone is 1. The topological polar surface area (TPSA) is 55.1 Å². The van der Waals surface area contributed by atoms with Gasteiger partial charge in [0, 0.05) is 12.4 Å². The molecule has 1 rings (SSSR count). The average Bonchev–Trinajstić information content (AvgIpc) is 2.53. The second kappa shape index (κ2) is 4.45. The summed E-state index contributed by atoms with van der Waals surface area (Å²) in [5.41, 5.74) is 0.0705. The van der Waals surface area contributed by atoms with Crippen LogP contribution in [0.2, 0.25) is 0 Å². The summed E-state index contributed by atoms with van der Waals surface area (Å²) < 4.78 is 1.64. The highest BCUT2D eigenvalue weighted by Crippen LogP contribution is 1.98. The van der Waals surface area contributed by atoms with Crippen LogP contribution in [0.5, 0.6) is 0 Å². The minimum Gasteiger partial charge on any atom is -0.476 e. The molecule has 4 nitrogen and oxygen atoms in total. The van der Waals surface area contributed by atoms with Crippen LogP contribution in [0.25, 0.3) is 6.20 Å². The molecule has 0 aromatic carbocycles. The third kappa shape index (κ3) is 2.74. The van der Waals surface area contributed by atoms with Crippen molar-refractivity contribution in [2.24, 2.45) is 0 Å². The molecule has 0 aliphatic carbocycles. The van der Waals surface area contributed by atoms with Gasteiger partial charge in [0.25, 0.3) is 0 Å². The summed E-state index contributed by atoms with van der Waals surface area (Å²) >= 11 is 0. The number of aromatic carboxylic acids is 1. The van der Waals surface area contributed by atoms with Crippen LogP contribution in [-0.2, 0) is 0 Å². The molecular formula is C9H12N2O2. The number of unbranched alkanes of at least 4 members (excludes halogenated alkanes) is 1. The summed E-state index contributed by atoms with van der Waals surface area (Å²) in [4.78, 5) is 14.2. The van der Waals surface area contributed by atoms with Crippen LogP contribution in [0, 0.1) is 0 Å². The van der Waals surface area contributed by atoms with Gasteiger partial charge in [-0.3, -0.25) is 0 Å². The van der Waals surface area contributed by atoms with Crippen LogP contribution < -0.4 is 0 Å². The first-order chi connectivity index (χ1) is 6.24. The fourth-order valence-corrected chi connectivity index (χ4v) is 0.892. The monoisotopic (exact) mass is 180 g/mol. The quantitative estimate of drug-likeness (QED) is 0.769. The summed E-state index contributed by atoms with van der Waals surface area (Å²) in [7, 11) is 0. The molecule has 0 aliphatic heterocycles. The van der Waals surface area contributed by atoms with Crippen molar-refractivity contribution in [1.82, 2.24) is 9.55 Å². The third-order valence-corrected chi connectivity index (χ3v) is 1.55. The Morgan fingerprint density at radius 2 is 2.54 bits per heavy atom. The van der Waals surface area contributed by atoms with Gasteiger partial charge in [-0.05, 0) is 6.42 Å². The second-order valence-corrected chi connectivity index (χ2v) is 2.68. The van der Waals surface area contributed by atoms with Crippen molar-refractivity contribution in [2.45, 2.75) is 19.8 Å². The van der Waals surface area contributed by atoms with Crippen LogP contribution >= 0.6 is 0 Å². The van der Waals surface area contributed by atoms with E-state index >= 15 is 0 Å². The molecule has 0 fully saturated rings. The normalized spacial score (nSPS) is 10.8. The maximum Gasteiger partial charge on any atom is 0.356 e. The number of hydrogen-bond acceptors (Lipinski definition) is 2. The molecular weight excluding hydrogens is 168 g/mol. The maximum absolute atomic E-state index is 10.4. The van der Waals surface area contributed by atoms with E-state index in [9.17, 15) is 4.79 Å². The zero-order valence-corrected chi connectivity index (χ0v) is 7.47. The van der Waals surface area contributed by atoms with Crippen LogP contribution in [0.1, 0.15) is 30.3 Å². The highest BCUT2D eigenvalue weighted by atomic mass is 16.4. The Morgan fingerprint density at radius 1 is 1.77 bits per heavy atom. The van der Waals surface area contributed by atoms with Gasteiger partial charge in [-0.15, -0.1) is 0 Å².